The Hall–Kier alpha value is -1.35. The first-order chi connectivity index (χ1) is 10.1. The summed E-state index contributed by atoms with van der Waals surface area (Å²) in [4.78, 5) is 11.0. The van der Waals surface area contributed by atoms with Gasteiger partial charge in [0.25, 0.3) is 0 Å². The second kappa shape index (κ2) is 5.80. The molecular formula is C18H27N3. The summed E-state index contributed by atoms with van der Waals surface area (Å²) in [5.74, 6) is 2.71. The molecular weight excluding hydrogens is 258 g/mol. The highest BCUT2D eigenvalue weighted by Crippen LogP contribution is 2.31. The van der Waals surface area contributed by atoms with Gasteiger partial charge >= 0.3 is 0 Å². The summed E-state index contributed by atoms with van der Waals surface area (Å²) in [6.45, 7) is 11.5. The second-order valence-corrected chi connectivity index (χ2v) is 6.97. The largest absolute Gasteiger partial charge is 0.341 e. The lowest BCUT2D eigenvalue weighted by molar-refractivity contribution is 0.0893. The number of hydrogen-bond acceptors (Lipinski definition) is 2. The molecule has 1 aliphatic heterocycles. The number of nitrogens with one attached hydrogen (secondary N) is 1. The minimum atomic E-state index is 0.419. The average molecular weight is 285 g/mol. The molecule has 0 amide bonds. The van der Waals surface area contributed by atoms with Crippen molar-refractivity contribution in [1.82, 2.24) is 14.9 Å². The summed E-state index contributed by atoms with van der Waals surface area (Å²) in [6, 6.07) is 6.88. The molecule has 1 aliphatic rings. The van der Waals surface area contributed by atoms with Crippen LogP contribution in [0.5, 0.6) is 0 Å². The van der Waals surface area contributed by atoms with Crippen molar-refractivity contribution in [1.29, 1.82) is 0 Å². The molecule has 0 bridgehead atoms. The van der Waals surface area contributed by atoms with Gasteiger partial charge in [-0.05, 0) is 49.3 Å². The molecule has 1 aromatic heterocycles. The number of H-pyrrole nitrogens is 1. The van der Waals surface area contributed by atoms with Gasteiger partial charge in [-0.2, -0.15) is 0 Å². The molecule has 21 heavy (non-hydrogen) atoms. The van der Waals surface area contributed by atoms with Crippen LogP contribution in [0.3, 0.4) is 0 Å². The molecule has 0 radical (unpaired) electrons. The lowest BCUT2D eigenvalue weighted by atomic mass is 9.90. The molecule has 3 atom stereocenters. The van der Waals surface area contributed by atoms with Gasteiger partial charge in [0, 0.05) is 13.1 Å². The molecule has 2 aromatic rings. The standard InChI is InChI=1S/C18H27N3/c1-5-17(21-10-13(3)8-14(4)11-21)18-19-15-7-6-12(2)9-16(15)20-18/h6-7,9,13-14,17H,5,8,10-11H2,1-4H3,(H,19,20). The third-order valence-electron chi connectivity index (χ3n) is 4.70. The lowest BCUT2D eigenvalue weighted by Gasteiger charge is -2.39. The maximum atomic E-state index is 4.85. The summed E-state index contributed by atoms with van der Waals surface area (Å²) in [5, 5.41) is 0. The average Bonchev–Trinajstić information content (AvgIpc) is 2.81. The zero-order valence-electron chi connectivity index (χ0n) is 13.7. The molecule has 2 heterocycles. The van der Waals surface area contributed by atoms with E-state index in [-0.39, 0.29) is 0 Å². The summed E-state index contributed by atoms with van der Waals surface area (Å²) < 4.78 is 0. The van der Waals surface area contributed by atoms with Gasteiger partial charge in [-0.1, -0.05) is 26.8 Å². The van der Waals surface area contributed by atoms with Gasteiger partial charge in [0.05, 0.1) is 17.1 Å². The SMILES string of the molecule is CCC(c1nc2ccc(C)cc2[nH]1)N1CC(C)CC(C)C1. The van der Waals surface area contributed by atoms with Crippen LogP contribution in [0.4, 0.5) is 0 Å². The number of imidazole rings is 1. The summed E-state index contributed by atoms with van der Waals surface area (Å²) in [7, 11) is 0. The van der Waals surface area contributed by atoms with E-state index in [1.807, 2.05) is 0 Å². The van der Waals surface area contributed by atoms with E-state index in [4.69, 9.17) is 4.98 Å². The van der Waals surface area contributed by atoms with Crippen LogP contribution in [0.25, 0.3) is 11.0 Å². The number of benzene rings is 1. The quantitative estimate of drug-likeness (QED) is 0.911. The highest BCUT2D eigenvalue weighted by atomic mass is 15.2. The predicted octanol–water partition coefficient (Wildman–Crippen LogP) is 4.30. The molecule has 114 valence electrons. The minimum Gasteiger partial charge on any atom is -0.341 e. The number of likely N-dealkylation sites (tertiary alicyclic amines) is 1. The van der Waals surface area contributed by atoms with Crippen molar-refractivity contribution in [3.05, 3.63) is 29.6 Å². The maximum absolute atomic E-state index is 4.85. The Morgan fingerprint density at radius 3 is 2.67 bits per heavy atom. The lowest BCUT2D eigenvalue weighted by Crippen LogP contribution is -2.41. The fourth-order valence-electron chi connectivity index (χ4n) is 3.89. The van der Waals surface area contributed by atoms with E-state index in [1.54, 1.807) is 0 Å². The molecule has 3 unspecified atom stereocenters. The van der Waals surface area contributed by atoms with Gasteiger partial charge in [-0.25, -0.2) is 4.98 Å². The fourth-order valence-corrected chi connectivity index (χ4v) is 3.89. The number of rotatable bonds is 3. The molecule has 1 fully saturated rings. The van der Waals surface area contributed by atoms with Crippen LogP contribution in [0, 0.1) is 18.8 Å². The molecule has 0 aliphatic carbocycles. The minimum absolute atomic E-state index is 0.419. The molecule has 3 nitrogen and oxygen atoms in total. The fraction of sp³-hybridized carbons (Fsp3) is 0.611. The second-order valence-electron chi connectivity index (χ2n) is 6.97. The van der Waals surface area contributed by atoms with Crippen molar-refractivity contribution >= 4 is 11.0 Å². The Morgan fingerprint density at radius 2 is 2.00 bits per heavy atom. The molecule has 3 heteroatoms. The highest BCUT2D eigenvalue weighted by Gasteiger charge is 2.29. The predicted molar refractivity (Wildman–Crippen MR) is 88.4 cm³/mol. The third-order valence-corrected chi connectivity index (χ3v) is 4.70. The Bertz CT molecular complexity index is 606. The number of nitrogens with zero attached hydrogens (tertiary/aromatic N) is 2. The smallest absolute Gasteiger partial charge is 0.124 e. The number of piperidine rings is 1. The van der Waals surface area contributed by atoms with Gasteiger partial charge in [0.15, 0.2) is 0 Å². The van der Waals surface area contributed by atoms with Crippen molar-refractivity contribution in [3.63, 3.8) is 0 Å². The van der Waals surface area contributed by atoms with Crippen molar-refractivity contribution in [2.24, 2.45) is 11.8 Å². The van der Waals surface area contributed by atoms with Gasteiger partial charge in [0.1, 0.15) is 5.82 Å². The Morgan fingerprint density at radius 1 is 1.29 bits per heavy atom. The monoisotopic (exact) mass is 285 g/mol. The molecule has 1 aromatic carbocycles. The zero-order valence-corrected chi connectivity index (χ0v) is 13.7. The van der Waals surface area contributed by atoms with Crippen LogP contribution < -0.4 is 0 Å². The van der Waals surface area contributed by atoms with Gasteiger partial charge in [0.2, 0.25) is 0 Å². The van der Waals surface area contributed by atoms with Crippen molar-refractivity contribution in [2.75, 3.05) is 13.1 Å². The van der Waals surface area contributed by atoms with E-state index in [0.29, 0.717) is 6.04 Å². The van der Waals surface area contributed by atoms with E-state index in [2.05, 4.69) is 55.8 Å². The number of aromatic amines is 1. The van der Waals surface area contributed by atoms with Gasteiger partial charge in [-0.15, -0.1) is 0 Å². The first-order valence-electron chi connectivity index (χ1n) is 8.27. The van der Waals surface area contributed by atoms with E-state index in [9.17, 15) is 0 Å². The first-order valence-corrected chi connectivity index (χ1v) is 8.27. The number of aromatic nitrogens is 2. The van der Waals surface area contributed by atoms with Crippen LogP contribution in [0.15, 0.2) is 18.2 Å². The zero-order chi connectivity index (χ0) is 15.0. The Labute approximate surface area is 127 Å². The van der Waals surface area contributed by atoms with Crippen LogP contribution >= 0.6 is 0 Å². The summed E-state index contributed by atoms with van der Waals surface area (Å²) in [6.07, 6.45) is 2.46. The summed E-state index contributed by atoms with van der Waals surface area (Å²) >= 11 is 0. The number of aryl methyl sites for hydroxylation is 1. The Balaban J connectivity index is 1.90. The number of fused-ring (bicyclic) bond motifs is 1. The van der Waals surface area contributed by atoms with Crippen molar-refractivity contribution < 1.29 is 0 Å². The molecule has 0 saturated carbocycles. The molecule has 3 rings (SSSR count). The number of hydrogen-bond donors (Lipinski definition) is 1. The third kappa shape index (κ3) is 2.98. The van der Waals surface area contributed by atoms with E-state index >= 15 is 0 Å². The van der Waals surface area contributed by atoms with Crippen LogP contribution in [-0.4, -0.2) is 28.0 Å². The first kappa shape index (κ1) is 14.6. The van der Waals surface area contributed by atoms with E-state index in [0.717, 1.165) is 29.6 Å². The van der Waals surface area contributed by atoms with Gasteiger partial charge < -0.3 is 4.98 Å². The molecule has 1 N–H and O–H groups in total. The highest BCUT2D eigenvalue weighted by molar-refractivity contribution is 5.75. The van der Waals surface area contributed by atoms with E-state index < -0.39 is 0 Å². The maximum Gasteiger partial charge on any atom is 0.124 e. The van der Waals surface area contributed by atoms with Gasteiger partial charge in [-0.3, -0.25) is 4.90 Å². The van der Waals surface area contributed by atoms with Crippen LogP contribution in [0.2, 0.25) is 0 Å². The van der Waals surface area contributed by atoms with Crippen LogP contribution in [-0.2, 0) is 0 Å². The van der Waals surface area contributed by atoms with Crippen molar-refractivity contribution in [2.45, 2.75) is 46.6 Å². The van der Waals surface area contributed by atoms with Crippen LogP contribution in [0.1, 0.15) is 51.0 Å². The molecule has 0 spiro atoms. The topological polar surface area (TPSA) is 31.9 Å². The summed E-state index contributed by atoms with van der Waals surface area (Å²) in [5.41, 5.74) is 3.54. The molecule has 1 saturated heterocycles. The normalized spacial score (nSPS) is 25.3. The van der Waals surface area contributed by atoms with Crippen molar-refractivity contribution in [3.8, 4) is 0 Å². The van der Waals surface area contributed by atoms with E-state index in [1.165, 1.54) is 30.6 Å². The Kier molecular flexibility index (Phi) is 4.03.